The number of imidazole rings is 1. The van der Waals surface area contributed by atoms with Crippen LogP contribution in [0.25, 0.3) is 11.0 Å². The zero-order valence-corrected chi connectivity index (χ0v) is 12.6. The fraction of sp³-hybridized carbons (Fsp3) is 0.533. The highest BCUT2D eigenvalue weighted by atomic mass is 35.5. The molecule has 0 radical (unpaired) electrons. The lowest BCUT2D eigenvalue weighted by molar-refractivity contribution is 0.103. The average Bonchev–Trinajstić information content (AvgIpc) is 2.72. The minimum atomic E-state index is 0.428. The monoisotopic (exact) mass is 280 g/mol. The summed E-state index contributed by atoms with van der Waals surface area (Å²) < 4.78 is 7.82. The summed E-state index contributed by atoms with van der Waals surface area (Å²) in [6.07, 6.45) is 0. The second-order valence-electron chi connectivity index (χ2n) is 5.27. The van der Waals surface area contributed by atoms with E-state index in [0.29, 0.717) is 18.4 Å². The third-order valence-corrected chi connectivity index (χ3v) is 3.25. The molecule has 1 aromatic heterocycles. The molecule has 2 aromatic rings. The minimum absolute atomic E-state index is 0.428. The first-order chi connectivity index (χ1) is 9.11. The van der Waals surface area contributed by atoms with E-state index in [2.05, 4.69) is 42.5 Å². The van der Waals surface area contributed by atoms with Crippen LogP contribution >= 0.6 is 11.6 Å². The van der Waals surface area contributed by atoms with Gasteiger partial charge in [0.15, 0.2) is 0 Å². The molecule has 0 bridgehead atoms. The number of hydrogen-bond acceptors (Lipinski definition) is 2. The molecule has 2 rings (SSSR count). The Balaban J connectivity index is 2.17. The summed E-state index contributed by atoms with van der Waals surface area (Å²) in [4.78, 5) is 4.56. The molecule has 0 aliphatic rings. The summed E-state index contributed by atoms with van der Waals surface area (Å²) in [5, 5.41) is 0. The Bertz CT molecular complexity index is 548. The van der Waals surface area contributed by atoms with Crippen LogP contribution in [0.1, 0.15) is 25.2 Å². The summed E-state index contributed by atoms with van der Waals surface area (Å²) >= 11 is 5.98. The van der Waals surface area contributed by atoms with Crippen molar-refractivity contribution in [3.05, 3.63) is 29.6 Å². The van der Waals surface area contributed by atoms with E-state index in [4.69, 9.17) is 16.3 Å². The van der Waals surface area contributed by atoms with Crippen molar-refractivity contribution in [2.45, 2.75) is 33.2 Å². The zero-order valence-electron chi connectivity index (χ0n) is 11.8. The van der Waals surface area contributed by atoms with Gasteiger partial charge in [-0.3, -0.25) is 0 Å². The number of fused-ring (bicyclic) bond motifs is 1. The molecule has 104 valence electrons. The number of ether oxygens (including phenoxy) is 1. The van der Waals surface area contributed by atoms with Gasteiger partial charge in [-0.15, -0.1) is 11.6 Å². The Kier molecular flexibility index (Phi) is 4.83. The SMILES string of the molecule is Cc1ccc2nc(CCl)n(CCOCC(C)C)c2c1. The second-order valence-corrected chi connectivity index (χ2v) is 5.54. The van der Waals surface area contributed by atoms with E-state index in [1.165, 1.54) is 5.56 Å². The predicted octanol–water partition coefficient (Wildman–Crippen LogP) is 3.76. The molecular formula is C15H21ClN2O. The quantitative estimate of drug-likeness (QED) is 0.595. The van der Waals surface area contributed by atoms with Crippen LogP contribution in [0.5, 0.6) is 0 Å². The maximum atomic E-state index is 5.98. The smallest absolute Gasteiger partial charge is 0.124 e. The van der Waals surface area contributed by atoms with Gasteiger partial charge in [0, 0.05) is 13.2 Å². The maximum Gasteiger partial charge on any atom is 0.124 e. The molecule has 0 aliphatic heterocycles. The van der Waals surface area contributed by atoms with E-state index in [1.807, 2.05) is 6.07 Å². The van der Waals surface area contributed by atoms with Crippen molar-refractivity contribution >= 4 is 22.6 Å². The zero-order chi connectivity index (χ0) is 13.8. The molecule has 1 aromatic carbocycles. The number of aryl methyl sites for hydroxylation is 1. The van der Waals surface area contributed by atoms with Crippen molar-refractivity contribution in [3.63, 3.8) is 0 Å². The van der Waals surface area contributed by atoms with Gasteiger partial charge in [0.05, 0.1) is 23.5 Å². The molecule has 4 heteroatoms. The van der Waals surface area contributed by atoms with Crippen LogP contribution in [0.2, 0.25) is 0 Å². The first kappa shape index (κ1) is 14.4. The van der Waals surface area contributed by atoms with Gasteiger partial charge in [-0.2, -0.15) is 0 Å². The molecule has 0 saturated heterocycles. The molecule has 0 N–H and O–H groups in total. The molecule has 0 atom stereocenters. The van der Waals surface area contributed by atoms with Gasteiger partial charge in [0.2, 0.25) is 0 Å². The fourth-order valence-corrected chi connectivity index (χ4v) is 2.31. The number of nitrogens with zero attached hydrogens (tertiary/aromatic N) is 2. The van der Waals surface area contributed by atoms with E-state index in [-0.39, 0.29) is 0 Å². The van der Waals surface area contributed by atoms with Gasteiger partial charge in [0.1, 0.15) is 5.82 Å². The van der Waals surface area contributed by atoms with Crippen molar-refractivity contribution in [3.8, 4) is 0 Å². The van der Waals surface area contributed by atoms with Crippen LogP contribution in [-0.2, 0) is 17.2 Å². The number of aromatic nitrogens is 2. The maximum absolute atomic E-state index is 5.98. The molecule has 0 amide bonds. The minimum Gasteiger partial charge on any atom is -0.379 e. The summed E-state index contributed by atoms with van der Waals surface area (Å²) in [5.74, 6) is 1.91. The van der Waals surface area contributed by atoms with E-state index in [1.54, 1.807) is 0 Å². The Morgan fingerprint density at radius 1 is 1.37 bits per heavy atom. The summed E-state index contributed by atoms with van der Waals surface area (Å²) in [6.45, 7) is 8.69. The van der Waals surface area contributed by atoms with Crippen LogP contribution in [0.3, 0.4) is 0 Å². The van der Waals surface area contributed by atoms with Crippen LogP contribution in [0.15, 0.2) is 18.2 Å². The van der Waals surface area contributed by atoms with E-state index < -0.39 is 0 Å². The number of halogens is 1. The predicted molar refractivity (Wildman–Crippen MR) is 79.7 cm³/mol. The largest absolute Gasteiger partial charge is 0.379 e. The van der Waals surface area contributed by atoms with Gasteiger partial charge >= 0.3 is 0 Å². The number of hydrogen-bond donors (Lipinski definition) is 0. The third-order valence-electron chi connectivity index (χ3n) is 3.01. The molecule has 0 unspecified atom stereocenters. The highest BCUT2D eigenvalue weighted by Gasteiger charge is 2.09. The Labute approximate surface area is 119 Å². The van der Waals surface area contributed by atoms with Crippen molar-refractivity contribution in [2.75, 3.05) is 13.2 Å². The summed E-state index contributed by atoms with van der Waals surface area (Å²) in [5.41, 5.74) is 3.38. The standard InChI is InChI=1S/C15H21ClN2O/c1-11(2)10-19-7-6-18-14-8-12(3)4-5-13(14)17-15(18)9-16/h4-5,8,11H,6-7,9-10H2,1-3H3. The number of benzene rings is 1. The Morgan fingerprint density at radius 3 is 2.84 bits per heavy atom. The number of alkyl halides is 1. The highest BCUT2D eigenvalue weighted by molar-refractivity contribution is 6.16. The highest BCUT2D eigenvalue weighted by Crippen LogP contribution is 2.19. The average molecular weight is 281 g/mol. The van der Waals surface area contributed by atoms with Gasteiger partial charge in [0.25, 0.3) is 0 Å². The molecule has 1 heterocycles. The van der Waals surface area contributed by atoms with E-state index >= 15 is 0 Å². The van der Waals surface area contributed by atoms with Crippen LogP contribution < -0.4 is 0 Å². The molecule has 0 spiro atoms. The van der Waals surface area contributed by atoms with Crippen molar-refractivity contribution in [1.29, 1.82) is 0 Å². The topological polar surface area (TPSA) is 27.1 Å². The van der Waals surface area contributed by atoms with Crippen LogP contribution in [-0.4, -0.2) is 22.8 Å². The van der Waals surface area contributed by atoms with Crippen LogP contribution in [0.4, 0.5) is 0 Å². The van der Waals surface area contributed by atoms with Crippen molar-refractivity contribution < 1.29 is 4.74 Å². The molecule has 0 saturated carbocycles. The van der Waals surface area contributed by atoms with Gasteiger partial charge in [-0.25, -0.2) is 4.98 Å². The van der Waals surface area contributed by atoms with Gasteiger partial charge < -0.3 is 9.30 Å². The number of rotatable bonds is 6. The van der Waals surface area contributed by atoms with Crippen LogP contribution in [0, 0.1) is 12.8 Å². The molecule has 3 nitrogen and oxygen atoms in total. The lowest BCUT2D eigenvalue weighted by atomic mass is 10.2. The molecular weight excluding hydrogens is 260 g/mol. The van der Waals surface area contributed by atoms with E-state index in [0.717, 1.165) is 30.0 Å². The normalized spacial score (nSPS) is 11.6. The first-order valence-electron chi connectivity index (χ1n) is 6.71. The molecule has 19 heavy (non-hydrogen) atoms. The Morgan fingerprint density at radius 2 is 2.16 bits per heavy atom. The van der Waals surface area contributed by atoms with Crippen molar-refractivity contribution in [1.82, 2.24) is 9.55 Å². The summed E-state index contributed by atoms with van der Waals surface area (Å²) in [7, 11) is 0. The fourth-order valence-electron chi connectivity index (χ4n) is 2.11. The van der Waals surface area contributed by atoms with Crippen molar-refractivity contribution in [2.24, 2.45) is 5.92 Å². The third kappa shape index (κ3) is 3.48. The lowest BCUT2D eigenvalue weighted by Crippen LogP contribution is -2.11. The molecule has 0 aliphatic carbocycles. The summed E-state index contributed by atoms with van der Waals surface area (Å²) in [6, 6.07) is 6.28. The van der Waals surface area contributed by atoms with E-state index in [9.17, 15) is 0 Å². The van der Waals surface area contributed by atoms with Gasteiger partial charge in [-0.05, 0) is 30.5 Å². The lowest BCUT2D eigenvalue weighted by Gasteiger charge is -2.10. The van der Waals surface area contributed by atoms with Gasteiger partial charge in [-0.1, -0.05) is 19.9 Å². The Hall–Kier alpha value is -1.06. The first-order valence-corrected chi connectivity index (χ1v) is 7.24. The molecule has 0 fully saturated rings. The second kappa shape index (κ2) is 6.40.